The van der Waals surface area contributed by atoms with Crippen molar-refractivity contribution in [3.8, 4) is 6.07 Å². The summed E-state index contributed by atoms with van der Waals surface area (Å²) >= 11 is 0. The fraction of sp³-hybridized carbons (Fsp3) is 0.300. The molecule has 0 saturated carbocycles. The normalized spacial score (nSPS) is 15.0. The molecule has 4 heterocycles. The van der Waals surface area contributed by atoms with Gasteiger partial charge >= 0.3 is 0 Å². The molecule has 37 heavy (non-hydrogen) atoms. The average Bonchev–Trinajstić information content (AvgIpc) is 3.40. The molecule has 0 bridgehead atoms. The van der Waals surface area contributed by atoms with Crippen LogP contribution in [0.5, 0.6) is 0 Å². The van der Waals surface area contributed by atoms with E-state index in [0.29, 0.717) is 11.6 Å². The maximum Gasteiger partial charge on any atom is 0.103 e. The molecule has 1 aliphatic rings. The smallest absolute Gasteiger partial charge is 0.103 e. The van der Waals surface area contributed by atoms with Crippen molar-refractivity contribution in [2.24, 2.45) is 0 Å². The van der Waals surface area contributed by atoms with Crippen molar-refractivity contribution in [2.75, 3.05) is 31.5 Å². The number of hydrogen-bond donors (Lipinski definition) is 2. The quantitative estimate of drug-likeness (QED) is 0.351. The Hall–Kier alpha value is -3.99. The summed E-state index contributed by atoms with van der Waals surface area (Å²) in [5.74, 6) is 0. The Bertz CT molecular complexity index is 1440. The summed E-state index contributed by atoms with van der Waals surface area (Å²) in [5, 5.41) is 14.4. The van der Waals surface area contributed by atoms with Crippen LogP contribution in [0.15, 0.2) is 55.1 Å². The molecule has 7 nitrogen and oxygen atoms in total. The number of H-pyrrole nitrogens is 1. The number of piperazine rings is 1. The zero-order valence-corrected chi connectivity index (χ0v) is 21.7. The number of anilines is 2. The minimum absolute atomic E-state index is 0.497. The predicted octanol–water partition coefficient (Wildman–Crippen LogP) is 5.58. The van der Waals surface area contributed by atoms with Crippen molar-refractivity contribution in [2.45, 2.75) is 33.4 Å². The molecular formula is C30H33N7. The first-order valence-electron chi connectivity index (χ1n) is 12.8. The van der Waals surface area contributed by atoms with E-state index in [1.54, 1.807) is 12.4 Å². The van der Waals surface area contributed by atoms with Crippen LogP contribution in [0.1, 0.15) is 41.8 Å². The van der Waals surface area contributed by atoms with Crippen molar-refractivity contribution in [3.63, 3.8) is 0 Å². The summed E-state index contributed by atoms with van der Waals surface area (Å²) in [5.41, 5.74) is 7.33. The van der Waals surface area contributed by atoms with E-state index in [1.807, 2.05) is 36.7 Å². The van der Waals surface area contributed by atoms with Crippen LogP contribution < -0.4 is 5.32 Å². The van der Waals surface area contributed by atoms with E-state index in [2.05, 4.69) is 75.1 Å². The number of benzene rings is 1. The molecule has 1 saturated heterocycles. The van der Waals surface area contributed by atoms with Crippen LogP contribution in [-0.2, 0) is 6.54 Å². The van der Waals surface area contributed by atoms with Crippen LogP contribution in [0.4, 0.5) is 11.4 Å². The van der Waals surface area contributed by atoms with Gasteiger partial charge in [-0.3, -0.25) is 19.8 Å². The lowest BCUT2D eigenvalue weighted by atomic mass is 10.1. The third-order valence-electron chi connectivity index (χ3n) is 7.18. The van der Waals surface area contributed by atoms with Crippen LogP contribution in [-0.4, -0.2) is 57.0 Å². The van der Waals surface area contributed by atoms with Gasteiger partial charge in [-0.05, 0) is 68.3 Å². The fourth-order valence-electron chi connectivity index (χ4n) is 4.88. The second-order valence-corrected chi connectivity index (χ2v) is 9.90. The molecule has 0 unspecified atom stereocenters. The molecule has 7 heteroatoms. The molecule has 0 spiro atoms. The van der Waals surface area contributed by atoms with Gasteiger partial charge in [-0.15, -0.1) is 0 Å². The molecule has 0 amide bonds. The van der Waals surface area contributed by atoms with E-state index >= 15 is 0 Å². The van der Waals surface area contributed by atoms with Crippen LogP contribution in [0.25, 0.3) is 23.1 Å². The number of nitrogens with one attached hydrogen (secondary N) is 2. The Morgan fingerprint density at radius 2 is 1.89 bits per heavy atom. The molecule has 4 aromatic rings. The van der Waals surface area contributed by atoms with Crippen LogP contribution >= 0.6 is 0 Å². The van der Waals surface area contributed by atoms with Crippen molar-refractivity contribution in [3.05, 3.63) is 83.1 Å². The van der Waals surface area contributed by atoms with Gasteiger partial charge in [-0.25, -0.2) is 0 Å². The lowest BCUT2D eigenvalue weighted by Gasteiger charge is -2.36. The van der Waals surface area contributed by atoms with E-state index in [4.69, 9.17) is 0 Å². The summed E-state index contributed by atoms with van der Waals surface area (Å²) in [6.45, 7) is 12.0. The van der Waals surface area contributed by atoms with Gasteiger partial charge in [0.15, 0.2) is 0 Å². The number of aryl methyl sites for hydroxylation is 1. The number of pyridine rings is 2. The molecule has 2 N–H and O–H groups in total. The van der Waals surface area contributed by atoms with Crippen molar-refractivity contribution in [1.29, 1.82) is 5.26 Å². The zero-order chi connectivity index (χ0) is 25.8. The molecule has 188 valence electrons. The van der Waals surface area contributed by atoms with Gasteiger partial charge < -0.3 is 10.3 Å². The third kappa shape index (κ3) is 5.56. The number of aromatic amines is 1. The number of nitriles is 1. The van der Waals surface area contributed by atoms with Crippen LogP contribution in [0, 0.1) is 18.3 Å². The Balaban J connectivity index is 1.30. The number of rotatable bonds is 7. The second-order valence-electron chi connectivity index (χ2n) is 9.90. The third-order valence-corrected chi connectivity index (χ3v) is 7.18. The molecule has 5 rings (SSSR count). The lowest BCUT2D eigenvalue weighted by Crippen LogP contribution is -2.48. The SMILES string of the molecule is Cc1c(Nc2c(C#N)cncc2C=Cc2ccc(CN3CCN(C(C)C)CC3)cn2)ccc2[nH]ccc12. The highest BCUT2D eigenvalue weighted by Gasteiger charge is 2.18. The van der Waals surface area contributed by atoms with Gasteiger partial charge in [0.2, 0.25) is 0 Å². The highest BCUT2D eigenvalue weighted by Crippen LogP contribution is 2.31. The summed E-state index contributed by atoms with van der Waals surface area (Å²) in [7, 11) is 0. The highest BCUT2D eigenvalue weighted by molar-refractivity contribution is 5.90. The van der Waals surface area contributed by atoms with Gasteiger partial charge in [0.1, 0.15) is 6.07 Å². The van der Waals surface area contributed by atoms with E-state index in [0.717, 1.165) is 71.8 Å². The monoisotopic (exact) mass is 491 g/mol. The maximum atomic E-state index is 9.74. The Morgan fingerprint density at radius 3 is 2.62 bits per heavy atom. The van der Waals surface area contributed by atoms with Gasteiger partial charge in [0.25, 0.3) is 0 Å². The summed E-state index contributed by atoms with van der Waals surface area (Å²) in [6, 6.07) is 13.2. The number of hydrogen-bond acceptors (Lipinski definition) is 6. The van der Waals surface area contributed by atoms with E-state index < -0.39 is 0 Å². The first-order valence-corrected chi connectivity index (χ1v) is 12.8. The van der Waals surface area contributed by atoms with E-state index in [-0.39, 0.29) is 0 Å². The largest absolute Gasteiger partial charge is 0.361 e. The predicted molar refractivity (Wildman–Crippen MR) is 150 cm³/mol. The summed E-state index contributed by atoms with van der Waals surface area (Å²) < 4.78 is 0. The van der Waals surface area contributed by atoms with Gasteiger partial charge in [-0.1, -0.05) is 6.07 Å². The van der Waals surface area contributed by atoms with Gasteiger partial charge in [-0.2, -0.15) is 5.26 Å². The molecule has 3 aromatic heterocycles. The second kappa shape index (κ2) is 11.0. The van der Waals surface area contributed by atoms with Crippen molar-refractivity contribution < 1.29 is 0 Å². The maximum absolute atomic E-state index is 9.74. The highest BCUT2D eigenvalue weighted by atomic mass is 15.3. The van der Waals surface area contributed by atoms with E-state index in [9.17, 15) is 5.26 Å². The molecule has 1 fully saturated rings. The minimum Gasteiger partial charge on any atom is -0.361 e. The zero-order valence-electron chi connectivity index (χ0n) is 21.7. The first-order chi connectivity index (χ1) is 18.0. The molecule has 0 atom stereocenters. The van der Waals surface area contributed by atoms with Gasteiger partial charge in [0.05, 0.1) is 16.9 Å². The summed E-state index contributed by atoms with van der Waals surface area (Å²) in [4.78, 5) is 17.2. The summed E-state index contributed by atoms with van der Waals surface area (Å²) in [6.07, 6.45) is 11.2. The Kier molecular flexibility index (Phi) is 7.31. The van der Waals surface area contributed by atoms with Gasteiger partial charge in [0, 0.05) is 85.7 Å². The lowest BCUT2D eigenvalue weighted by molar-refractivity contribution is 0.104. The van der Waals surface area contributed by atoms with Crippen molar-refractivity contribution in [1.82, 2.24) is 24.8 Å². The van der Waals surface area contributed by atoms with Crippen LogP contribution in [0.3, 0.4) is 0 Å². The molecule has 0 radical (unpaired) electrons. The Labute approximate surface area is 218 Å². The number of aromatic nitrogens is 3. The molecule has 1 aromatic carbocycles. The number of fused-ring (bicyclic) bond motifs is 1. The molecular weight excluding hydrogens is 458 g/mol. The fourth-order valence-corrected chi connectivity index (χ4v) is 4.88. The number of nitrogens with zero attached hydrogens (tertiary/aromatic N) is 5. The first kappa shape index (κ1) is 24.7. The topological polar surface area (TPSA) is 83.9 Å². The Morgan fingerprint density at radius 1 is 1.05 bits per heavy atom. The standard InChI is InChI=1S/C30H33N7/c1-21(2)37-14-12-36(13-15-37)20-23-4-6-26(34-17-23)7-5-24-18-32-19-25(16-31)30(24)35-28-8-9-29-27(22(28)3)10-11-33-29/h4-11,17-19,21,33H,12-15,20H2,1-3H3,(H,32,35). The van der Waals surface area contributed by atoms with E-state index in [1.165, 1.54) is 5.56 Å². The van der Waals surface area contributed by atoms with Crippen LogP contribution in [0.2, 0.25) is 0 Å². The minimum atomic E-state index is 0.497. The molecule has 1 aliphatic heterocycles. The molecule has 0 aliphatic carbocycles. The average molecular weight is 492 g/mol. The van der Waals surface area contributed by atoms with Crippen molar-refractivity contribution >= 4 is 34.4 Å².